The summed E-state index contributed by atoms with van der Waals surface area (Å²) >= 11 is 0. The second-order valence-corrected chi connectivity index (χ2v) is 9.13. The van der Waals surface area contributed by atoms with Crippen LogP contribution in [0.4, 0.5) is 5.69 Å². The summed E-state index contributed by atoms with van der Waals surface area (Å²) in [6.45, 7) is 6.22. The van der Waals surface area contributed by atoms with Crippen LogP contribution in [0.3, 0.4) is 0 Å². The maximum atomic E-state index is 13.4. The highest BCUT2D eigenvalue weighted by atomic mass is 16.2. The summed E-state index contributed by atoms with van der Waals surface area (Å²) in [6, 6.07) is 6.79. The van der Waals surface area contributed by atoms with E-state index in [1.807, 2.05) is 6.07 Å². The maximum Gasteiger partial charge on any atom is 0.254 e. The fourth-order valence-corrected chi connectivity index (χ4v) is 5.79. The predicted molar refractivity (Wildman–Crippen MR) is 124 cm³/mol. The van der Waals surface area contributed by atoms with Crippen LogP contribution in [-0.4, -0.2) is 29.9 Å². The van der Waals surface area contributed by atoms with Crippen molar-refractivity contribution in [1.29, 1.82) is 0 Å². The van der Waals surface area contributed by atoms with Crippen LogP contribution >= 0.6 is 0 Å². The SMILES string of the molecule is C=C(C1=CC=CCC=C1)N1CCc2cc(C(=O)N3CCCC4CCCCC43)ccc21. The molecule has 2 aliphatic heterocycles. The number of hydrogen-bond acceptors (Lipinski definition) is 2. The van der Waals surface area contributed by atoms with Crippen LogP contribution in [0.25, 0.3) is 0 Å². The molecule has 1 aromatic rings. The summed E-state index contributed by atoms with van der Waals surface area (Å²) in [5.74, 6) is 0.964. The van der Waals surface area contributed by atoms with Gasteiger partial charge in [0, 0.05) is 36.1 Å². The molecule has 156 valence electrons. The van der Waals surface area contributed by atoms with E-state index in [0.717, 1.165) is 55.1 Å². The zero-order chi connectivity index (χ0) is 20.5. The average molecular weight is 401 g/mol. The van der Waals surface area contributed by atoms with Gasteiger partial charge in [-0.15, -0.1) is 0 Å². The van der Waals surface area contributed by atoms with Crippen LogP contribution in [0.1, 0.15) is 60.9 Å². The van der Waals surface area contributed by atoms with Gasteiger partial charge in [-0.25, -0.2) is 0 Å². The average Bonchev–Trinajstić information content (AvgIpc) is 3.02. The number of rotatable bonds is 3. The lowest BCUT2D eigenvalue weighted by Crippen LogP contribution is -2.49. The molecule has 2 heterocycles. The Morgan fingerprint density at radius 2 is 1.90 bits per heavy atom. The summed E-state index contributed by atoms with van der Waals surface area (Å²) < 4.78 is 0. The minimum Gasteiger partial charge on any atom is -0.341 e. The van der Waals surface area contributed by atoms with Crippen LogP contribution in [0.2, 0.25) is 0 Å². The molecule has 1 amide bonds. The van der Waals surface area contributed by atoms with E-state index in [0.29, 0.717) is 6.04 Å². The second-order valence-electron chi connectivity index (χ2n) is 9.13. The van der Waals surface area contributed by atoms with Crippen molar-refractivity contribution in [2.45, 2.75) is 57.4 Å². The van der Waals surface area contributed by atoms with Crippen molar-refractivity contribution in [2.24, 2.45) is 5.92 Å². The van der Waals surface area contributed by atoms with Crippen molar-refractivity contribution in [2.75, 3.05) is 18.0 Å². The van der Waals surface area contributed by atoms with Crippen molar-refractivity contribution in [3.63, 3.8) is 0 Å². The molecule has 0 radical (unpaired) electrons. The predicted octanol–water partition coefficient (Wildman–Crippen LogP) is 5.80. The van der Waals surface area contributed by atoms with Gasteiger partial charge in [-0.1, -0.05) is 49.8 Å². The Balaban J connectivity index is 1.36. The van der Waals surface area contributed by atoms with Gasteiger partial charge in [-0.05, 0) is 73.8 Å². The Kier molecular flexibility index (Phi) is 5.37. The van der Waals surface area contributed by atoms with Crippen molar-refractivity contribution in [3.8, 4) is 0 Å². The van der Waals surface area contributed by atoms with Gasteiger partial charge >= 0.3 is 0 Å². The number of fused-ring (bicyclic) bond motifs is 2. The largest absolute Gasteiger partial charge is 0.341 e. The summed E-state index contributed by atoms with van der Waals surface area (Å²) in [5.41, 5.74) is 5.54. The summed E-state index contributed by atoms with van der Waals surface area (Å²) in [7, 11) is 0. The highest BCUT2D eigenvalue weighted by Gasteiger charge is 2.36. The number of hydrogen-bond donors (Lipinski definition) is 0. The zero-order valence-electron chi connectivity index (χ0n) is 17.9. The van der Waals surface area contributed by atoms with Crippen molar-refractivity contribution < 1.29 is 4.79 Å². The number of likely N-dealkylation sites (tertiary alicyclic amines) is 1. The highest BCUT2D eigenvalue weighted by molar-refractivity contribution is 5.95. The number of allylic oxidation sites excluding steroid dienone is 5. The Hall–Kier alpha value is -2.55. The molecule has 0 N–H and O–H groups in total. The Bertz CT molecular complexity index is 936. The zero-order valence-corrected chi connectivity index (χ0v) is 17.9. The van der Waals surface area contributed by atoms with Gasteiger partial charge in [0.15, 0.2) is 0 Å². The van der Waals surface area contributed by atoms with Crippen LogP contribution in [0.5, 0.6) is 0 Å². The molecule has 30 heavy (non-hydrogen) atoms. The first-order valence-corrected chi connectivity index (χ1v) is 11.7. The van der Waals surface area contributed by atoms with Crippen molar-refractivity contribution in [3.05, 3.63) is 77.6 Å². The smallest absolute Gasteiger partial charge is 0.254 e. The first-order chi connectivity index (χ1) is 14.7. The Morgan fingerprint density at radius 1 is 1.03 bits per heavy atom. The number of benzene rings is 1. The van der Waals surface area contributed by atoms with Crippen LogP contribution in [0, 0.1) is 5.92 Å². The van der Waals surface area contributed by atoms with Gasteiger partial charge in [0.2, 0.25) is 0 Å². The highest BCUT2D eigenvalue weighted by Crippen LogP contribution is 2.37. The van der Waals surface area contributed by atoms with Crippen molar-refractivity contribution in [1.82, 2.24) is 4.90 Å². The summed E-state index contributed by atoms with van der Waals surface area (Å²) in [5, 5.41) is 0. The minimum atomic E-state index is 0.242. The van der Waals surface area contributed by atoms with Crippen LogP contribution < -0.4 is 4.90 Å². The lowest BCUT2D eigenvalue weighted by Gasteiger charge is -2.44. The molecule has 1 saturated carbocycles. The monoisotopic (exact) mass is 400 g/mol. The molecule has 3 heteroatoms. The summed E-state index contributed by atoms with van der Waals surface area (Å²) in [6.07, 6.45) is 20.2. The maximum absolute atomic E-state index is 13.4. The van der Waals surface area contributed by atoms with E-state index >= 15 is 0 Å². The van der Waals surface area contributed by atoms with E-state index in [1.54, 1.807) is 0 Å². The number of nitrogens with zero attached hydrogens (tertiary/aromatic N) is 2. The molecule has 0 spiro atoms. The van der Waals surface area contributed by atoms with Gasteiger partial charge in [0.05, 0.1) is 0 Å². The molecule has 2 fully saturated rings. The first-order valence-electron chi connectivity index (χ1n) is 11.7. The lowest BCUT2D eigenvalue weighted by atomic mass is 9.78. The molecule has 2 atom stereocenters. The molecule has 0 aromatic heterocycles. The quantitative estimate of drug-likeness (QED) is 0.640. The van der Waals surface area contributed by atoms with Gasteiger partial charge in [-0.2, -0.15) is 0 Å². The Labute approximate surface area is 180 Å². The van der Waals surface area contributed by atoms with E-state index in [4.69, 9.17) is 0 Å². The topological polar surface area (TPSA) is 23.6 Å². The van der Waals surface area contributed by atoms with E-state index < -0.39 is 0 Å². The van der Waals surface area contributed by atoms with Gasteiger partial charge < -0.3 is 9.80 Å². The third kappa shape index (κ3) is 3.55. The lowest BCUT2D eigenvalue weighted by molar-refractivity contribution is 0.0390. The third-order valence-electron chi connectivity index (χ3n) is 7.37. The van der Waals surface area contributed by atoms with E-state index in [1.165, 1.54) is 43.4 Å². The van der Waals surface area contributed by atoms with Crippen LogP contribution in [-0.2, 0) is 6.42 Å². The Morgan fingerprint density at radius 3 is 2.83 bits per heavy atom. The third-order valence-corrected chi connectivity index (χ3v) is 7.37. The molecule has 2 unspecified atom stereocenters. The normalized spacial score (nSPS) is 25.4. The molecule has 1 aromatic carbocycles. The molecular weight excluding hydrogens is 368 g/mol. The molecule has 5 rings (SSSR count). The minimum absolute atomic E-state index is 0.242. The number of amides is 1. The fourth-order valence-electron chi connectivity index (χ4n) is 5.79. The van der Waals surface area contributed by atoms with Crippen LogP contribution in [0.15, 0.2) is 66.4 Å². The molecule has 3 nitrogen and oxygen atoms in total. The number of piperidine rings is 1. The number of carbonyl (C=O) groups excluding carboxylic acids is 1. The molecule has 0 bridgehead atoms. The van der Waals surface area contributed by atoms with Gasteiger partial charge in [0.25, 0.3) is 5.91 Å². The fraction of sp³-hybridized carbons (Fsp3) is 0.444. The van der Waals surface area contributed by atoms with Gasteiger partial charge in [-0.3, -0.25) is 4.79 Å². The summed E-state index contributed by atoms with van der Waals surface area (Å²) in [4.78, 5) is 17.9. The first kappa shape index (κ1) is 19.4. The van der Waals surface area contributed by atoms with E-state index in [9.17, 15) is 4.79 Å². The van der Waals surface area contributed by atoms with E-state index in [2.05, 4.69) is 58.9 Å². The number of carbonyl (C=O) groups is 1. The van der Waals surface area contributed by atoms with Gasteiger partial charge in [0.1, 0.15) is 0 Å². The molecule has 4 aliphatic rings. The molecule has 2 aliphatic carbocycles. The second kappa shape index (κ2) is 8.29. The van der Waals surface area contributed by atoms with Crippen molar-refractivity contribution >= 4 is 11.6 Å². The molecule has 1 saturated heterocycles. The molecular formula is C27H32N2O. The standard InChI is InChI=1S/C27H32N2O/c1-20(21-9-4-2-3-5-10-21)28-18-16-23-19-24(14-15-26(23)28)27(30)29-17-8-12-22-11-6-7-13-25(22)29/h2,4-5,9-10,14-15,19,22,25H,1,3,6-8,11-13,16-18H2. The van der Waals surface area contributed by atoms with E-state index in [-0.39, 0.29) is 5.91 Å². The number of anilines is 1.